The van der Waals surface area contributed by atoms with Crippen molar-refractivity contribution < 1.29 is 0 Å². The van der Waals surface area contributed by atoms with E-state index in [1.165, 1.54) is 12.3 Å². The Hall–Kier alpha value is -4.20. The maximum Gasteiger partial charge on any atom is 0.326 e. The van der Waals surface area contributed by atoms with Crippen molar-refractivity contribution >= 4 is 24.3 Å². The van der Waals surface area contributed by atoms with E-state index < -0.39 is 22.5 Å². The molecule has 0 amide bonds. The number of H-pyrrole nitrogens is 4. The normalized spacial score (nSPS) is 12.6. The Morgan fingerprint density at radius 1 is 0.893 bits per heavy atom. The number of aromatic amines is 4. The van der Waals surface area contributed by atoms with E-state index in [-0.39, 0.29) is 16.1 Å². The molecule has 140 valence electrons. The summed E-state index contributed by atoms with van der Waals surface area (Å²) in [6.45, 7) is 3.67. The van der Waals surface area contributed by atoms with Crippen LogP contribution >= 0.6 is 0 Å². The molecule has 0 unspecified atom stereocenters. The van der Waals surface area contributed by atoms with Crippen molar-refractivity contribution in [2.75, 3.05) is 0 Å². The van der Waals surface area contributed by atoms with Crippen LogP contribution in [0.15, 0.2) is 67.9 Å². The maximum atomic E-state index is 12.0. The third-order valence-electron chi connectivity index (χ3n) is 3.89. The van der Waals surface area contributed by atoms with Gasteiger partial charge in [-0.1, -0.05) is 49.1 Å². The van der Waals surface area contributed by atoms with Crippen LogP contribution in [-0.4, -0.2) is 19.9 Å². The molecule has 8 heteroatoms. The molecule has 0 spiro atoms. The van der Waals surface area contributed by atoms with Gasteiger partial charge in [0.05, 0.1) is 10.8 Å². The minimum atomic E-state index is -0.628. The molecule has 0 atom stereocenters. The molecule has 0 aliphatic rings. The highest BCUT2D eigenvalue weighted by Gasteiger charge is 2.00. The highest BCUT2D eigenvalue weighted by molar-refractivity contribution is 5.82. The van der Waals surface area contributed by atoms with Gasteiger partial charge in [0, 0.05) is 11.5 Å². The lowest BCUT2D eigenvalue weighted by Gasteiger charge is -2.01. The first-order chi connectivity index (χ1) is 13.4. The Kier molecular flexibility index (Phi) is 5.31. The van der Waals surface area contributed by atoms with Gasteiger partial charge in [-0.15, -0.1) is 0 Å². The fourth-order valence-electron chi connectivity index (χ4n) is 2.49. The second-order valence-electron chi connectivity index (χ2n) is 5.82. The van der Waals surface area contributed by atoms with E-state index in [9.17, 15) is 19.2 Å². The summed E-state index contributed by atoms with van der Waals surface area (Å²) < 4.78 is 0. The molecule has 4 N–H and O–H groups in total. The summed E-state index contributed by atoms with van der Waals surface area (Å²) in [7, 11) is 0. The number of aromatic nitrogens is 4. The van der Waals surface area contributed by atoms with Crippen LogP contribution in [0.3, 0.4) is 0 Å². The van der Waals surface area contributed by atoms with Gasteiger partial charge < -0.3 is 9.97 Å². The molecule has 0 fully saturated rings. The molecule has 3 aromatic rings. The third kappa shape index (κ3) is 4.31. The van der Waals surface area contributed by atoms with Gasteiger partial charge in [0.15, 0.2) is 0 Å². The number of hydrogen-bond acceptors (Lipinski definition) is 4. The van der Waals surface area contributed by atoms with Crippen LogP contribution < -0.4 is 33.1 Å². The first kappa shape index (κ1) is 18.6. The Balaban J connectivity index is 2.14. The highest BCUT2D eigenvalue weighted by Crippen LogP contribution is 2.16. The topological polar surface area (TPSA) is 131 Å². The Morgan fingerprint density at radius 3 is 2.29 bits per heavy atom. The first-order valence-electron chi connectivity index (χ1n) is 8.23. The third-order valence-corrected chi connectivity index (χ3v) is 3.89. The van der Waals surface area contributed by atoms with Gasteiger partial charge >= 0.3 is 11.4 Å². The van der Waals surface area contributed by atoms with Crippen molar-refractivity contribution in [2.45, 2.75) is 0 Å². The van der Waals surface area contributed by atoms with E-state index in [0.717, 1.165) is 5.56 Å². The highest BCUT2D eigenvalue weighted by atomic mass is 16.2. The Labute approximate surface area is 157 Å². The van der Waals surface area contributed by atoms with Crippen LogP contribution in [0.1, 0.15) is 11.1 Å². The molecule has 0 aliphatic heterocycles. The SMILES string of the molecule is C=c1[nH]c(=O)[nH]c(=O)/c1=C/C=C(/C=C/c1c[nH]c(=O)[nH]c1=O)c1ccccc1. The van der Waals surface area contributed by atoms with E-state index in [1.807, 2.05) is 30.3 Å². The Bertz CT molecular complexity index is 1370. The average Bonchev–Trinajstić information content (AvgIpc) is 2.65. The zero-order valence-electron chi connectivity index (χ0n) is 14.6. The summed E-state index contributed by atoms with van der Waals surface area (Å²) in [5.41, 5.74) is -0.502. The molecular formula is C20H16N4O4. The van der Waals surface area contributed by atoms with E-state index in [0.29, 0.717) is 5.57 Å². The van der Waals surface area contributed by atoms with Crippen LogP contribution in [-0.2, 0) is 0 Å². The molecular weight excluding hydrogens is 360 g/mol. The summed E-state index contributed by atoms with van der Waals surface area (Å²) in [4.78, 5) is 55.4. The minimum Gasteiger partial charge on any atom is -0.314 e. The van der Waals surface area contributed by atoms with E-state index in [1.54, 1.807) is 18.2 Å². The van der Waals surface area contributed by atoms with E-state index in [2.05, 4.69) is 26.5 Å². The summed E-state index contributed by atoms with van der Waals surface area (Å²) in [5, 5.41) is 0.404. The molecule has 0 bridgehead atoms. The molecule has 8 nitrogen and oxygen atoms in total. The van der Waals surface area contributed by atoms with Crippen molar-refractivity contribution in [1.82, 2.24) is 19.9 Å². The lowest BCUT2D eigenvalue weighted by atomic mass is 10.0. The van der Waals surface area contributed by atoms with E-state index >= 15 is 0 Å². The van der Waals surface area contributed by atoms with Crippen LogP contribution in [0.2, 0.25) is 0 Å². The monoisotopic (exact) mass is 376 g/mol. The van der Waals surface area contributed by atoms with Gasteiger partial charge in [-0.25, -0.2) is 9.59 Å². The van der Waals surface area contributed by atoms with Gasteiger partial charge in [0.1, 0.15) is 0 Å². The van der Waals surface area contributed by atoms with Gasteiger partial charge in [0.25, 0.3) is 11.1 Å². The molecule has 1 aromatic carbocycles. The van der Waals surface area contributed by atoms with Crippen LogP contribution in [0.5, 0.6) is 0 Å². The lowest BCUT2D eigenvalue weighted by molar-refractivity contribution is 0.987. The number of rotatable bonds is 4. The van der Waals surface area contributed by atoms with Gasteiger partial charge in [-0.2, -0.15) is 0 Å². The first-order valence-corrected chi connectivity index (χ1v) is 8.23. The van der Waals surface area contributed by atoms with Crippen molar-refractivity contribution in [3.8, 4) is 0 Å². The van der Waals surface area contributed by atoms with Crippen molar-refractivity contribution in [3.63, 3.8) is 0 Å². The quantitative estimate of drug-likeness (QED) is 0.454. The Morgan fingerprint density at radius 2 is 1.61 bits per heavy atom. The fourth-order valence-corrected chi connectivity index (χ4v) is 2.49. The van der Waals surface area contributed by atoms with Crippen molar-refractivity contribution in [1.29, 1.82) is 0 Å². The van der Waals surface area contributed by atoms with Crippen LogP contribution in [0.25, 0.3) is 24.3 Å². The molecule has 3 rings (SSSR count). The molecule has 0 radical (unpaired) electrons. The maximum absolute atomic E-state index is 12.0. The van der Waals surface area contributed by atoms with Crippen molar-refractivity contribution in [2.24, 2.45) is 0 Å². The summed E-state index contributed by atoms with van der Waals surface area (Å²) in [5.74, 6) is 0. The zero-order valence-corrected chi connectivity index (χ0v) is 14.6. The molecule has 0 saturated heterocycles. The number of hydrogen-bond donors (Lipinski definition) is 4. The summed E-state index contributed by atoms with van der Waals surface area (Å²) >= 11 is 0. The molecule has 0 saturated carbocycles. The summed E-state index contributed by atoms with van der Waals surface area (Å²) in [6.07, 6.45) is 7.73. The molecule has 2 aromatic heterocycles. The largest absolute Gasteiger partial charge is 0.326 e. The van der Waals surface area contributed by atoms with Gasteiger partial charge in [0.2, 0.25) is 0 Å². The number of allylic oxidation sites excluding steroid dienone is 3. The number of benzene rings is 1. The van der Waals surface area contributed by atoms with Crippen LogP contribution in [0, 0.1) is 0 Å². The second-order valence-corrected chi connectivity index (χ2v) is 5.82. The van der Waals surface area contributed by atoms with E-state index in [4.69, 9.17) is 0 Å². The molecule has 2 heterocycles. The molecule has 0 aliphatic carbocycles. The summed E-state index contributed by atoms with van der Waals surface area (Å²) in [6, 6.07) is 9.29. The number of nitrogens with one attached hydrogen (secondary N) is 4. The lowest BCUT2D eigenvalue weighted by Crippen LogP contribution is -2.47. The fraction of sp³-hybridized carbons (Fsp3) is 0. The standard InChI is InChI=1S/C20H16N4O4/c1-12-16(18(26)24-20(28)22-12)10-9-14(13-5-3-2-4-6-13)7-8-15-11-21-19(27)23-17(15)25/h2-11H,1H2,(H2,21,23,25,27)(H2,22,24,26,28)/b8-7+,14-9-,16-10+. The minimum absolute atomic E-state index is 0.193. The van der Waals surface area contributed by atoms with Gasteiger partial charge in [-0.3, -0.25) is 19.6 Å². The predicted molar refractivity (Wildman–Crippen MR) is 108 cm³/mol. The average molecular weight is 376 g/mol. The zero-order chi connectivity index (χ0) is 20.1. The smallest absolute Gasteiger partial charge is 0.314 e. The predicted octanol–water partition coefficient (Wildman–Crippen LogP) is -0.572. The second kappa shape index (κ2) is 8.00. The van der Waals surface area contributed by atoms with Crippen LogP contribution in [0.4, 0.5) is 0 Å². The van der Waals surface area contributed by atoms with Crippen molar-refractivity contribution in [3.05, 3.63) is 112 Å². The van der Waals surface area contributed by atoms with Gasteiger partial charge in [-0.05, 0) is 23.3 Å². The molecule has 28 heavy (non-hydrogen) atoms.